The third-order valence-electron chi connectivity index (χ3n) is 19.9. The molecule has 9 fully saturated rings. The summed E-state index contributed by atoms with van der Waals surface area (Å²) in [6.45, 7) is 28.3. The molecule has 3 spiro atoms. The first-order valence-corrected chi connectivity index (χ1v) is 20.8. The topological polar surface area (TPSA) is 51.2 Å². The summed E-state index contributed by atoms with van der Waals surface area (Å²) >= 11 is 0. The molecule has 0 amide bonds. The van der Waals surface area contributed by atoms with Gasteiger partial charge in [0.1, 0.15) is 17.3 Å². The molecular formula is C45H72O3. The smallest absolute Gasteiger partial charge is 0.136 e. The lowest BCUT2D eigenvalue weighted by Crippen LogP contribution is -2.36. The molecule has 0 N–H and O–H groups in total. The number of rotatable bonds is 0. The fourth-order valence-electron chi connectivity index (χ4n) is 16.9. The van der Waals surface area contributed by atoms with Crippen LogP contribution < -0.4 is 0 Å². The van der Waals surface area contributed by atoms with E-state index in [1.807, 2.05) is 0 Å². The van der Waals surface area contributed by atoms with Crippen LogP contribution in [-0.4, -0.2) is 17.3 Å². The normalized spacial score (nSPS) is 54.1. The number of fused-ring (bicyclic) bond motifs is 3. The Morgan fingerprint density at radius 2 is 0.625 bits per heavy atom. The quantitative estimate of drug-likeness (QED) is 0.260. The Morgan fingerprint density at radius 1 is 0.396 bits per heavy atom. The largest absolute Gasteiger partial charge is 0.299 e. The van der Waals surface area contributed by atoms with Gasteiger partial charge in [0.2, 0.25) is 0 Å². The van der Waals surface area contributed by atoms with Crippen molar-refractivity contribution < 1.29 is 14.4 Å². The van der Waals surface area contributed by atoms with Crippen molar-refractivity contribution in [3.05, 3.63) is 0 Å². The van der Waals surface area contributed by atoms with Crippen LogP contribution >= 0.6 is 0 Å². The first kappa shape index (κ1) is 35.4. The van der Waals surface area contributed by atoms with E-state index in [4.69, 9.17) is 0 Å². The molecule has 0 saturated heterocycles. The Kier molecular flexibility index (Phi) is 8.12. The number of carbonyl (C=O) groups excluding carboxylic acids is 3. The van der Waals surface area contributed by atoms with Gasteiger partial charge in [-0.3, -0.25) is 14.4 Å². The third-order valence-corrected chi connectivity index (χ3v) is 19.9. The van der Waals surface area contributed by atoms with Crippen LogP contribution in [0.15, 0.2) is 0 Å². The fourth-order valence-corrected chi connectivity index (χ4v) is 16.9. The minimum atomic E-state index is 0.318. The SMILES string of the molecule is CC1C(=O)CC23CC1C(C)(C)C2CCC3C.C[C@@H]1CC[C@H]2C(C)(C)[C@H]3C[C@@]12CC(=O)[C@@H]3C.C[C@H]1C(=O)C[C@@]23C[C@@H]1C(C)(C)[C@@H]2CC[C@@H]3C. The third kappa shape index (κ3) is 4.45. The second-order valence-electron chi connectivity index (χ2n) is 22.0. The van der Waals surface area contributed by atoms with Gasteiger partial charge in [0, 0.05) is 37.0 Å². The van der Waals surface area contributed by atoms with Crippen LogP contribution in [0.1, 0.15) is 160 Å². The van der Waals surface area contributed by atoms with E-state index in [9.17, 15) is 14.4 Å². The Morgan fingerprint density at radius 3 is 0.854 bits per heavy atom. The van der Waals surface area contributed by atoms with Crippen LogP contribution in [0, 0.1) is 104 Å². The van der Waals surface area contributed by atoms with Crippen molar-refractivity contribution in [2.75, 3.05) is 0 Å². The summed E-state index contributed by atoms with van der Waals surface area (Å²) < 4.78 is 0. The zero-order valence-electron chi connectivity index (χ0n) is 33.1. The highest BCUT2D eigenvalue weighted by atomic mass is 16.1. The molecule has 9 aliphatic rings. The minimum Gasteiger partial charge on any atom is -0.299 e. The predicted molar refractivity (Wildman–Crippen MR) is 195 cm³/mol. The van der Waals surface area contributed by atoms with E-state index < -0.39 is 0 Å². The lowest BCUT2D eigenvalue weighted by molar-refractivity contribution is -0.130. The summed E-state index contributed by atoms with van der Waals surface area (Å²) in [6, 6.07) is 0. The van der Waals surface area contributed by atoms with E-state index in [0.717, 1.165) is 54.8 Å². The van der Waals surface area contributed by atoms with Gasteiger partial charge < -0.3 is 0 Å². The molecule has 0 aliphatic heterocycles. The molecule has 9 aliphatic carbocycles. The lowest BCUT2D eigenvalue weighted by Gasteiger charge is -2.38. The summed E-state index contributed by atoms with van der Waals surface area (Å²) in [4.78, 5) is 36.7. The second-order valence-corrected chi connectivity index (χ2v) is 22.0. The maximum absolute atomic E-state index is 12.2. The average molecular weight is 661 g/mol. The van der Waals surface area contributed by atoms with Crippen molar-refractivity contribution in [1.29, 1.82) is 0 Å². The highest BCUT2D eigenvalue weighted by molar-refractivity contribution is 5.84. The molecule has 3 heteroatoms. The van der Waals surface area contributed by atoms with Crippen LogP contribution in [0.4, 0.5) is 0 Å². The molecular weight excluding hydrogens is 588 g/mol. The Bertz CT molecular complexity index is 1190. The van der Waals surface area contributed by atoms with Crippen molar-refractivity contribution in [2.24, 2.45) is 104 Å². The number of hydrogen-bond donors (Lipinski definition) is 0. The second kappa shape index (κ2) is 11.0. The average Bonchev–Trinajstić information content (AvgIpc) is 3.74. The summed E-state index contributed by atoms with van der Waals surface area (Å²) in [5.41, 5.74) is 2.40. The van der Waals surface area contributed by atoms with Gasteiger partial charge in [-0.2, -0.15) is 0 Å². The van der Waals surface area contributed by atoms with E-state index in [2.05, 4.69) is 83.1 Å². The number of carbonyl (C=O) groups is 3. The van der Waals surface area contributed by atoms with Crippen molar-refractivity contribution in [1.82, 2.24) is 0 Å². The van der Waals surface area contributed by atoms with Crippen LogP contribution in [0.2, 0.25) is 0 Å². The first-order chi connectivity index (χ1) is 22.2. The number of hydrogen-bond acceptors (Lipinski definition) is 3. The molecule has 5 unspecified atom stereocenters. The van der Waals surface area contributed by atoms with Crippen molar-refractivity contribution in [2.45, 2.75) is 160 Å². The maximum Gasteiger partial charge on any atom is 0.136 e. The molecule has 0 aromatic heterocycles. The van der Waals surface area contributed by atoms with Gasteiger partial charge >= 0.3 is 0 Å². The Hall–Kier alpha value is -0.990. The summed E-state index contributed by atoms with van der Waals surface area (Å²) in [7, 11) is 0. The molecule has 9 rings (SSSR count). The molecule has 3 nitrogen and oxygen atoms in total. The van der Waals surface area contributed by atoms with Crippen LogP contribution in [0.25, 0.3) is 0 Å². The Labute approximate surface area is 294 Å². The summed E-state index contributed by atoms with van der Waals surface area (Å²) in [5, 5.41) is 0. The van der Waals surface area contributed by atoms with Gasteiger partial charge in [0.25, 0.3) is 0 Å². The summed E-state index contributed by atoms with van der Waals surface area (Å²) in [5.74, 6) is 9.35. The van der Waals surface area contributed by atoms with Gasteiger partial charge in [0.15, 0.2) is 0 Å². The standard InChI is InChI=1S/3C15H24O/c3*1-9-5-6-13-14(3,4)11-7-15(9,13)8-12(16)10(11)2/h3*9-11,13H,5-8H2,1-4H3/t9-,10+,11-,13-,15+;9-,10-,11+,13+,15-;/m01./s1. The highest BCUT2D eigenvalue weighted by Crippen LogP contribution is 2.74. The molecule has 9 saturated carbocycles. The lowest BCUT2D eigenvalue weighted by atomic mass is 9.65. The van der Waals surface area contributed by atoms with E-state index in [1.54, 1.807) is 0 Å². The van der Waals surface area contributed by atoms with Gasteiger partial charge in [-0.05, 0) is 144 Å². The molecule has 0 radical (unpaired) electrons. The molecule has 0 heterocycles. The van der Waals surface area contributed by atoms with Crippen molar-refractivity contribution >= 4 is 17.3 Å². The monoisotopic (exact) mass is 661 g/mol. The zero-order valence-corrected chi connectivity index (χ0v) is 33.1. The molecule has 6 bridgehead atoms. The van der Waals surface area contributed by atoms with Crippen molar-refractivity contribution in [3.8, 4) is 0 Å². The van der Waals surface area contributed by atoms with Gasteiger partial charge in [-0.15, -0.1) is 0 Å². The van der Waals surface area contributed by atoms with E-state index >= 15 is 0 Å². The number of Topliss-reactive ketones (excluding diaryl/α,β-unsaturated/α-hetero) is 3. The molecule has 48 heavy (non-hydrogen) atoms. The predicted octanol–water partition coefficient (Wildman–Crippen LogP) is 11.0. The van der Waals surface area contributed by atoms with E-state index in [0.29, 0.717) is 85.3 Å². The van der Waals surface area contributed by atoms with Gasteiger partial charge in [-0.25, -0.2) is 0 Å². The van der Waals surface area contributed by atoms with Crippen LogP contribution in [-0.2, 0) is 14.4 Å². The van der Waals surface area contributed by atoms with E-state index in [-0.39, 0.29) is 0 Å². The maximum atomic E-state index is 12.2. The van der Waals surface area contributed by atoms with Gasteiger partial charge in [0.05, 0.1) is 0 Å². The van der Waals surface area contributed by atoms with Crippen LogP contribution in [0.5, 0.6) is 0 Å². The van der Waals surface area contributed by atoms with Gasteiger partial charge in [-0.1, -0.05) is 83.1 Å². The van der Waals surface area contributed by atoms with Crippen LogP contribution in [0.3, 0.4) is 0 Å². The Balaban J connectivity index is 0.000000114. The molecule has 270 valence electrons. The van der Waals surface area contributed by atoms with Crippen molar-refractivity contribution in [3.63, 3.8) is 0 Å². The van der Waals surface area contributed by atoms with E-state index in [1.165, 1.54) is 57.8 Å². The molecule has 15 atom stereocenters. The summed E-state index contributed by atoms with van der Waals surface area (Å²) in [6.07, 6.45) is 14.8. The highest BCUT2D eigenvalue weighted by Gasteiger charge is 2.69. The molecule has 0 aromatic carbocycles. The fraction of sp³-hybridized carbons (Fsp3) is 0.933. The molecule has 0 aromatic rings. The number of ketones is 3. The first-order valence-electron chi connectivity index (χ1n) is 20.8. The zero-order chi connectivity index (χ0) is 35.1. The minimum absolute atomic E-state index is 0.318.